The lowest BCUT2D eigenvalue weighted by molar-refractivity contribution is -0.138. The van der Waals surface area contributed by atoms with Crippen molar-refractivity contribution < 1.29 is 19.1 Å². The lowest BCUT2D eigenvalue weighted by atomic mass is 10.0. The predicted octanol–water partition coefficient (Wildman–Crippen LogP) is 2.62. The third-order valence-corrected chi connectivity index (χ3v) is 6.67. The first kappa shape index (κ1) is 21.3. The molecule has 1 fully saturated rings. The molecule has 2 aromatic carbocycles. The van der Waals surface area contributed by atoms with Gasteiger partial charge in [-0.1, -0.05) is 30.0 Å². The van der Waals surface area contributed by atoms with Crippen LogP contribution in [0.4, 0.5) is 0 Å². The molecule has 33 heavy (non-hydrogen) atoms. The molecule has 0 spiro atoms. The number of nitrogens with two attached hydrogens (primary N) is 1. The van der Waals surface area contributed by atoms with Gasteiger partial charge < -0.3 is 20.1 Å². The fourth-order valence-corrected chi connectivity index (χ4v) is 4.97. The Morgan fingerprint density at radius 3 is 2.70 bits per heavy atom. The van der Waals surface area contributed by atoms with Gasteiger partial charge in [-0.25, -0.2) is 0 Å². The van der Waals surface area contributed by atoms with Gasteiger partial charge in [0.05, 0.1) is 5.75 Å². The quantitative estimate of drug-likeness (QED) is 0.557. The number of primary amides is 1. The van der Waals surface area contributed by atoms with Crippen LogP contribution in [0.25, 0.3) is 17.1 Å². The smallest absolute Gasteiger partial charge is 0.240 e. The van der Waals surface area contributed by atoms with Crippen molar-refractivity contribution in [1.29, 1.82) is 0 Å². The number of carbonyl (C=O) groups excluding carboxylic acids is 2. The van der Waals surface area contributed by atoms with E-state index in [9.17, 15) is 9.59 Å². The fourth-order valence-electron chi connectivity index (χ4n) is 4.13. The van der Waals surface area contributed by atoms with E-state index in [1.54, 1.807) is 4.90 Å². The first-order valence-electron chi connectivity index (χ1n) is 10.7. The van der Waals surface area contributed by atoms with Gasteiger partial charge in [-0.3, -0.25) is 14.2 Å². The molecule has 3 aromatic rings. The molecule has 1 aromatic heterocycles. The Morgan fingerprint density at radius 2 is 1.88 bits per heavy atom. The molecule has 1 unspecified atom stereocenters. The highest BCUT2D eigenvalue weighted by molar-refractivity contribution is 7.99. The minimum atomic E-state index is -0.539. The van der Waals surface area contributed by atoms with Crippen molar-refractivity contribution >= 4 is 23.6 Å². The SMILES string of the molecule is NC(=O)C1CCCCN1C(=O)CSc1nnc(-c2ccc3c(c2)OCO3)n1-c1ccccc1. The number of benzene rings is 2. The van der Waals surface area contributed by atoms with Crippen LogP contribution in [0, 0.1) is 0 Å². The molecule has 0 saturated carbocycles. The monoisotopic (exact) mass is 465 g/mol. The van der Waals surface area contributed by atoms with Crippen LogP contribution in [0.5, 0.6) is 11.5 Å². The molecule has 170 valence electrons. The van der Waals surface area contributed by atoms with Gasteiger partial charge in [-0.05, 0) is 49.6 Å². The number of thioether (sulfide) groups is 1. The van der Waals surface area contributed by atoms with Crippen LogP contribution in [0.2, 0.25) is 0 Å². The van der Waals surface area contributed by atoms with E-state index in [0.717, 1.165) is 24.1 Å². The molecule has 0 bridgehead atoms. The van der Waals surface area contributed by atoms with Crippen LogP contribution in [0.15, 0.2) is 53.7 Å². The summed E-state index contributed by atoms with van der Waals surface area (Å²) >= 11 is 1.29. The maximum atomic E-state index is 12.9. The Labute approximate surface area is 194 Å². The zero-order valence-electron chi connectivity index (χ0n) is 17.8. The van der Waals surface area contributed by atoms with Gasteiger partial charge in [0.1, 0.15) is 6.04 Å². The van der Waals surface area contributed by atoms with Crippen molar-refractivity contribution in [2.75, 3.05) is 19.1 Å². The molecule has 2 amide bonds. The highest BCUT2D eigenvalue weighted by Gasteiger charge is 2.31. The summed E-state index contributed by atoms with van der Waals surface area (Å²) in [6, 6.07) is 14.8. The zero-order valence-corrected chi connectivity index (χ0v) is 18.7. The number of para-hydroxylation sites is 1. The summed E-state index contributed by atoms with van der Waals surface area (Å²) in [7, 11) is 0. The molecule has 1 saturated heterocycles. The van der Waals surface area contributed by atoms with Crippen LogP contribution in [0.3, 0.4) is 0 Å². The number of aromatic nitrogens is 3. The van der Waals surface area contributed by atoms with Gasteiger partial charge in [-0.15, -0.1) is 10.2 Å². The lowest BCUT2D eigenvalue weighted by Gasteiger charge is -2.33. The normalized spacial score (nSPS) is 17.2. The number of ether oxygens (including phenoxy) is 2. The summed E-state index contributed by atoms with van der Waals surface area (Å²) in [5.41, 5.74) is 7.22. The summed E-state index contributed by atoms with van der Waals surface area (Å²) in [5, 5.41) is 9.37. The van der Waals surface area contributed by atoms with Crippen LogP contribution in [0.1, 0.15) is 19.3 Å². The van der Waals surface area contributed by atoms with E-state index in [4.69, 9.17) is 15.2 Å². The standard InChI is InChI=1S/C23H23N5O4S/c24-21(30)17-8-4-5-11-27(17)20(29)13-33-23-26-25-22(28(23)16-6-2-1-3-7-16)15-9-10-18-19(12-15)32-14-31-18/h1-3,6-7,9-10,12,17H,4-5,8,11,13-14H2,(H2,24,30). The van der Waals surface area contributed by atoms with Gasteiger partial charge in [0, 0.05) is 17.8 Å². The largest absolute Gasteiger partial charge is 0.454 e. The molecule has 1 atom stereocenters. The number of nitrogens with zero attached hydrogens (tertiary/aromatic N) is 4. The number of likely N-dealkylation sites (tertiary alicyclic amines) is 1. The Balaban J connectivity index is 1.43. The minimum absolute atomic E-state index is 0.129. The lowest BCUT2D eigenvalue weighted by Crippen LogP contribution is -2.51. The average Bonchev–Trinajstić information content (AvgIpc) is 3.49. The van der Waals surface area contributed by atoms with Crippen molar-refractivity contribution in [1.82, 2.24) is 19.7 Å². The van der Waals surface area contributed by atoms with E-state index in [2.05, 4.69) is 10.2 Å². The molecule has 0 aliphatic carbocycles. The second-order valence-corrected chi connectivity index (χ2v) is 8.78. The third-order valence-electron chi connectivity index (χ3n) is 5.75. The zero-order chi connectivity index (χ0) is 22.8. The molecule has 3 heterocycles. The molecule has 5 rings (SSSR count). The molecular formula is C23H23N5O4S. The van der Waals surface area contributed by atoms with Crippen molar-refractivity contribution in [3.8, 4) is 28.6 Å². The number of rotatable bonds is 6. The summed E-state index contributed by atoms with van der Waals surface area (Å²) in [5.74, 6) is 1.52. The number of hydrogen-bond donors (Lipinski definition) is 1. The highest BCUT2D eigenvalue weighted by atomic mass is 32.2. The Bertz CT molecular complexity index is 1180. The predicted molar refractivity (Wildman–Crippen MR) is 122 cm³/mol. The highest BCUT2D eigenvalue weighted by Crippen LogP contribution is 2.37. The summed E-state index contributed by atoms with van der Waals surface area (Å²) in [6.07, 6.45) is 2.38. The van der Waals surface area contributed by atoms with Gasteiger partial charge in [0.2, 0.25) is 18.6 Å². The summed E-state index contributed by atoms with van der Waals surface area (Å²) in [6.45, 7) is 0.733. The molecule has 2 aliphatic rings. The molecule has 0 radical (unpaired) electrons. The van der Waals surface area contributed by atoms with Crippen LogP contribution >= 0.6 is 11.8 Å². The maximum Gasteiger partial charge on any atom is 0.240 e. The Hall–Kier alpha value is -3.53. The van der Waals surface area contributed by atoms with Gasteiger partial charge in [0.25, 0.3) is 0 Å². The molecule has 2 N–H and O–H groups in total. The van der Waals surface area contributed by atoms with Gasteiger partial charge in [-0.2, -0.15) is 0 Å². The van der Waals surface area contributed by atoms with E-state index < -0.39 is 11.9 Å². The average molecular weight is 466 g/mol. The minimum Gasteiger partial charge on any atom is -0.454 e. The van der Waals surface area contributed by atoms with Crippen molar-refractivity contribution in [2.24, 2.45) is 5.73 Å². The van der Waals surface area contributed by atoms with Crippen molar-refractivity contribution in [3.05, 3.63) is 48.5 Å². The second kappa shape index (κ2) is 9.14. The van der Waals surface area contributed by atoms with E-state index in [-0.39, 0.29) is 18.5 Å². The molecular weight excluding hydrogens is 442 g/mol. The van der Waals surface area contributed by atoms with E-state index in [1.807, 2.05) is 53.1 Å². The Morgan fingerprint density at radius 1 is 1.06 bits per heavy atom. The van der Waals surface area contributed by atoms with Crippen molar-refractivity contribution in [2.45, 2.75) is 30.5 Å². The van der Waals surface area contributed by atoms with Crippen LogP contribution in [-0.4, -0.2) is 56.6 Å². The Kier molecular flexibility index (Phi) is 5.91. The van der Waals surface area contributed by atoms with Gasteiger partial charge >= 0.3 is 0 Å². The number of carbonyl (C=O) groups is 2. The first-order chi connectivity index (χ1) is 16.1. The van der Waals surface area contributed by atoms with Crippen molar-refractivity contribution in [3.63, 3.8) is 0 Å². The third kappa shape index (κ3) is 4.25. The van der Waals surface area contributed by atoms with Gasteiger partial charge in [0.15, 0.2) is 22.5 Å². The fraction of sp³-hybridized carbons (Fsp3) is 0.304. The second-order valence-electron chi connectivity index (χ2n) is 7.83. The maximum absolute atomic E-state index is 12.9. The number of hydrogen-bond acceptors (Lipinski definition) is 7. The van der Waals surface area contributed by atoms with Crippen LogP contribution < -0.4 is 15.2 Å². The van der Waals surface area contributed by atoms with E-state index in [1.165, 1.54) is 11.8 Å². The number of fused-ring (bicyclic) bond motifs is 1. The van der Waals surface area contributed by atoms with Crippen LogP contribution in [-0.2, 0) is 9.59 Å². The summed E-state index contributed by atoms with van der Waals surface area (Å²) < 4.78 is 12.8. The van der Waals surface area contributed by atoms with E-state index in [0.29, 0.717) is 35.4 Å². The van der Waals surface area contributed by atoms with E-state index >= 15 is 0 Å². The number of amides is 2. The molecule has 2 aliphatic heterocycles. The first-order valence-corrected chi connectivity index (χ1v) is 11.7. The number of piperidine rings is 1. The molecule has 9 nitrogen and oxygen atoms in total. The summed E-state index contributed by atoms with van der Waals surface area (Å²) in [4.78, 5) is 26.3. The molecule has 10 heteroatoms. The topological polar surface area (TPSA) is 113 Å².